The summed E-state index contributed by atoms with van der Waals surface area (Å²) in [7, 11) is 0. The molecular formula is C10H9N5O. The van der Waals surface area contributed by atoms with E-state index in [1.807, 2.05) is 17.5 Å². The summed E-state index contributed by atoms with van der Waals surface area (Å²) < 4.78 is 6.65. The SMILES string of the molecule is Cc1cn2cc(N)nc2c(-c2cnoc2)n1. The number of hydrogen-bond acceptors (Lipinski definition) is 5. The van der Waals surface area contributed by atoms with Crippen LogP contribution in [0.2, 0.25) is 0 Å². The molecule has 0 aromatic carbocycles. The highest BCUT2D eigenvalue weighted by atomic mass is 16.5. The van der Waals surface area contributed by atoms with Crippen molar-refractivity contribution in [2.75, 3.05) is 5.73 Å². The molecule has 0 saturated heterocycles. The Morgan fingerprint density at radius 2 is 2.19 bits per heavy atom. The van der Waals surface area contributed by atoms with Gasteiger partial charge in [-0.2, -0.15) is 0 Å². The van der Waals surface area contributed by atoms with Gasteiger partial charge in [0.1, 0.15) is 17.8 Å². The first-order valence-corrected chi connectivity index (χ1v) is 4.75. The van der Waals surface area contributed by atoms with Gasteiger partial charge < -0.3 is 14.7 Å². The molecular weight excluding hydrogens is 206 g/mol. The Labute approximate surface area is 90.7 Å². The Bertz CT molecular complexity index is 641. The Hall–Kier alpha value is -2.37. The van der Waals surface area contributed by atoms with Crippen molar-refractivity contribution in [2.24, 2.45) is 0 Å². The molecule has 80 valence electrons. The zero-order valence-corrected chi connectivity index (χ0v) is 8.58. The standard InChI is InChI=1S/C10H9N5O/c1-6-3-15-4-8(11)14-10(15)9(13-6)7-2-12-16-5-7/h2-5H,11H2,1H3. The van der Waals surface area contributed by atoms with Gasteiger partial charge in [-0.05, 0) is 6.92 Å². The van der Waals surface area contributed by atoms with E-state index in [1.165, 1.54) is 6.26 Å². The molecule has 0 bridgehead atoms. The van der Waals surface area contributed by atoms with Gasteiger partial charge in [-0.3, -0.25) is 0 Å². The van der Waals surface area contributed by atoms with Gasteiger partial charge in [0.25, 0.3) is 0 Å². The normalized spacial score (nSPS) is 11.1. The van der Waals surface area contributed by atoms with E-state index in [9.17, 15) is 0 Å². The van der Waals surface area contributed by atoms with E-state index in [-0.39, 0.29) is 0 Å². The molecule has 0 atom stereocenters. The zero-order valence-electron chi connectivity index (χ0n) is 8.58. The molecule has 0 fully saturated rings. The van der Waals surface area contributed by atoms with Gasteiger partial charge in [-0.15, -0.1) is 0 Å². The number of anilines is 1. The summed E-state index contributed by atoms with van der Waals surface area (Å²) in [5, 5.41) is 3.66. The van der Waals surface area contributed by atoms with Gasteiger partial charge in [0.15, 0.2) is 5.65 Å². The van der Waals surface area contributed by atoms with Crippen molar-refractivity contribution >= 4 is 11.5 Å². The van der Waals surface area contributed by atoms with Crippen LogP contribution >= 0.6 is 0 Å². The maximum atomic E-state index is 5.66. The fourth-order valence-electron chi connectivity index (χ4n) is 1.66. The first-order chi connectivity index (χ1) is 7.74. The first kappa shape index (κ1) is 8.90. The molecule has 6 nitrogen and oxygen atoms in total. The zero-order chi connectivity index (χ0) is 11.1. The molecule has 0 spiro atoms. The Balaban J connectivity index is 2.38. The molecule has 6 heteroatoms. The van der Waals surface area contributed by atoms with Crippen molar-refractivity contribution in [3.05, 3.63) is 30.5 Å². The van der Waals surface area contributed by atoms with Gasteiger partial charge in [-0.25, -0.2) is 9.97 Å². The molecule has 3 aromatic heterocycles. The van der Waals surface area contributed by atoms with Crippen molar-refractivity contribution in [1.29, 1.82) is 0 Å². The summed E-state index contributed by atoms with van der Waals surface area (Å²) in [6.07, 6.45) is 6.76. The van der Waals surface area contributed by atoms with E-state index in [2.05, 4.69) is 15.1 Å². The summed E-state index contributed by atoms with van der Waals surface area (Å²) in [5.74, 6) is 0.463. The third-order valence-corrected chi connectivity index (χ3v) is 2.28. The molecule has 0 unspecified atom stereocenters. The van der Waals surface area contributed by atoms with Gasteiger partial charge in [0.05, 0.1) is 23.7 Å². The van der Waals surface area contributed by atoms with Crippen LogP contribution < -0.4 is 5.73 Å². The second kappa shape index (κ2) is 3.06. The number of nitrogen functional groups attached to an aromatic ring is 1. The lowest BCUT2D eigenvalue weighted by atomic mass is 10.2. The average molecular weight is 215 g/mol. The van der Waals surface area contributed by atoms with Gasteiger partial charge in [0.2, 0.25) is 0 Å². The van der Waals surface area contributed by atoms with Gasteiger partial charge in [-0.1, -0.05) is 5.16 Å². The van der Waals surface area contributed by atoms with E-state index in [0.29, 0.717) is 11.5 Å². The summed E-state index contributed by atoms with van der Waals surface area (Å²) >= 11 is 0. The smallest absolute Gasteiger partial charge is 0.166 e. The topological polar surface area (TPSA) is 82.2 Å². The Morgan fingerprint density at radius 1 is 1.31 bits per heavy atom. The van der Waals surface area contributed by atoms with E-state index < -0.39 is 0 Å². The molecule has 16 heavy (non-hydrogen) atoms. The molecule has 0 amide bonds. The predicted molar refractivity (Wildman–Crippen MR) is 57.6 cm³/mol. The number of aryl methyl sites for hydroxylation is 1. The molecule has 2 N–H and O–H groups in total. The van der Waals surface area contributed by atoms with Crippen LogP contribution in [0.15, 0.2) is 29.4 Å². The van der Waals surface area contributed by atoms with E-state index >= 15 is 0 Å². The van der Waals surface area contributed by atoms with Crippen LogP contribution in [0.4, 0.5) is 5.82 Å². The van der Waals surface area contributed by atoms with Crippen molar-refractivity contribution in [3.8, 4) is 11.3 Å². The lowest BCUT2D eigenvalue weighted by molar-refractivity contribution is 0.420. The maximum absolute atomic E-state index is 5.66. The number of nitrogens with two attached hydrogens (primary N) is 1. The number of hydrogen-bond donors (Lipinski definition) is 1. The van der Waals surface area contributed by atoms with E-state index in [4.69, 9.17) is 10.3 Å². The van der Waals surface area contributed by atoms with Crippen LogP contribution in [-0.4, -0.2) is 19.5 Å². The first-order valence-electron chi connectivity index (χ1n) is 4.75. The third kappa shape index (κ3) is 1.23. The van der Waals surface area contributed by atoms with Gasteiger partial charge in [0, 0.05) is 6.20 Å². The number of fused-ring (bicyclic) bond motifs is 1. The highest BCUT2D eigenvalue weighted by molar-refractivity contribution is 5.73. The van der Waals surface area contributed by atoms with Crippen LogP contribution in [0.3, 0.4) is 0 Å². The molecule has 3 rings (SSSR count). The summed E-state index contributed by atoms with van der Waals surface area (Å²) in [6, 6.07) is 0. The van der Waals surface area contributed by atoms with Crippen LogP contribution in [0, 0.1) is 6.92 Å². The fourth-order valence-corrected chi connectivity index (χ4v) is 1.66. The summed E-state index contributed by atoms with van der Waals surface area (Å²) in [5.41, 5.74) is 8.75. The number of rotatable bonds is 1. The van der Waals surface area contributed by atoms with Crippen LogP contribution in [0.5, 0.6) is 0 Å². The highest BCUT2D eigenvalue weighted by Gasteiger charge is 2.11. The van der Waals surface area contributed by atoms with E-state index in [1.54, 1.807) is 12.4 Å². The van der Waals surface area contributed by atoms with Crippen LogP contribution in [-0.2, 0) is 0 Å². The number of nitrogens with zero attached hydrogens (tertiary/aromatic N) is 4. The Kier molecular flexibility index (Phi) is 1.70. The molecule has 0 aliphatic heterocycles. The average Bonchev–Trinajstić information content (AvgIpc) is 2.83. The summed E-state index contributed by atoms with van der Waals surface area (Å²) in [4.78, 5) is 8.64. The minimum absolute atomic E-state index is 0.463. The third-order valence-electron chi connectivity index (χ3n) is 2.28. The maximum Gasteiger partial charge on any atom is 0.166 e. The van der Waals surface area contributed by atoms with Crippen molar-refractivity contribution in [2.45, 2.75) is 6.92 Å². The van der Waals surface area contributed by atoms with Crippen molar-refractivity contribution in [3.63, 3.8) is 0 Å². The van der Waals surface area contributed by atoms with Crippen LogP contribution in [0.1, 0.15) is 5.69 Å². The molecule has 0 aliphatic rings. The molecule has 3 heterocycles. The number of aromatic nitrogens is 4. The minimum Gasteiger partial charge on any atom is -0.382 e. The highest BCUT2D eigenvalue weighted by Crippen LogP contribution is 2.22. The minimum atomic E-state index is 0.463. The molecule has 3 aromatic rings. The van der Waals surface area contributed by atoms with Crippen LogP contribution in [0.25, 0.3) is 16.9 Å². The number of imidazole rings is 1. The van der Waals surface area contributed by atoms with Crippen molar-refractivity contribution < 1.29 is 4.52 Å². The van der Waals surface area contributed by atoms with Crippen molar-refractivity contribution in [1.82, 2.24) is 19.5 Å². The monoisotopic (exact) mass is 215 g/mol. The quantitative estimate of drug-likeness (QED) is 0.661. The Morgan fingerprint density at radius 3 is 2.94 bits per heavy atom. The fraction of sp³-hybridized carbons (Fsp3) is 0.100. The molecule has 0 saturated carbocycles. The van der Waals surface area contributed by atoms with Gasteiger partial charge >= 0.3 is 0 Å². The molecule has 0 radical (unpaired) electrons. The molecule has 0 aliphatic carbocycles. The lowest BCUT2D eigenvalue weighted by Crippen LogP contribution is -1.94. The largest absolute Gasteiger partial charge is 0.382 e. The summed E-state index contributed by atoms with van der Waals surface area (Å²) in [6.45, 7) is 1.91. The van der Waals surface area contributed by atoms with E-state index in [0.717, 1.165) is 17.0 Å². The second-order valence-corrected chi connectivity index (χ2v) is 3.54. The lowest BCUT2D eigenvalue weighted by Gasteiger charge is -2.01. The predicted octanol–water partition coefficient (Wildman–Crippen LogP) is 1.27. The second-order valence-electron chi connectivity index (χ2n) is 3.54.